The summed E-state index contributed by atoms with van der Waals surface area (Å²) in [7, 11) is 0. The molecule has 0 aliphatic heterocycles. The standard InChI is InChI=1S/C9H16O2/c1-8(2)9(11)6-4-3-5-7-10/h10H,1,3-7H2,2H3. The van der Waals surface area contributed by atoms with Gasteiger partial charge in [0.15, 0.2) is 5.78 Å². The van der Waals surface area contributed by atoms with Gasteiger partial charge in [0.2, 0.25) is 0 Å². The van der Waals surface area contributed by atoms with E-state index in [0.717, 1.165) is 19.3 Å². The van der Waals surface area contributed by atoms with Gasteiger partial charge >= 0.3 is 0 Å². The van der Waals surface area contributed by atoms with Crippen molar-refractivity contribution in [2.45, 2.75) is 32.6 Å². The van der Waals surface area contributed by atoms with Gasteiger partial charge in [0, 0.05) is 13.0 Å². The Morgan fingerprint density at radius 2 is 2.00 bits per heavy atom. The smallest absolute Gasteiger partial charge is 0.157 e. The summed E-state index contributed by atoms with van der Waals surface area (Å²) in [6.45, 7) is 5.51. The Labute approximate surface area is 67.9 Å². The zero-order chi connectivity index (χ0) is 8.69. The molecule has 0 aromatic carbocycles. The van der Waals surface area contributed by atoms with Crippen LogP contribution in [0.3, 0.4) is 0 Å². The zero-order valence-corrected chi connectivity index (χ0v) is 7.10. The lowest BCUT2D eigenvalue weighted by molar-refractivity contribution is -0.115. The topological polar surface area (TPSA) is 37.3 Å². The Morgan fingerprint density at radius 1 is 1.36 bits per heavy atom. The van der Waals surface area contributed by atoms with E-state index in [9.17, 15) is 4.79 Å². The molecule has 0 heterocycles. The minimum absolute atomic E-state index is 0.142. The highest BCUT2D eigenvalue weighted by Crippen LogP contribution is 2.03. The molecule has 0 aliphatic carbocycles. The summed E-state index contributed by atoms with van der Waals surface area (Å²) < 4.78 is 0. The number of Topliss-reactive ketones (excluding diaryl/α,β-unsaturated/α-hetero) is 1. The van der Waals surface area contributed by atoms with E-state index in [1.54, 1.807) is 6.92 Å². The van der Waals surface area contributed by atoms with Crippen LogP contribution in [0.4, 0.5) is 0 Å². The monoisotopic (exact) mass is 156 g/mol. The van der Waals surface area contributed by atoms with Crippen LogP contribution in [0.1, 0.15) is 32.6 Å². The summed E-state index contributed by atoms with van der Waals surface area (Å²) in [5, 5.41) is 8.44. The molecular weight excluding hydrogens is 140 g/mol. The van der Waals surface area contributed by atoms with Crippen molar-refractivity contribution in [3.05, 3.63) is 12.2 Å². The Kier molecular flexibility index (Phi) is 5.75. The molecule has 0 aromatic rings. The summed E-state index contributed by atoms with van der Waals surface area (Å²) in [6.07, 6.45) is 3.17. The molecule has 0 radical (unpaired) electrons. The van der Waals surface area contributed by atoms with Gasteiger partial charge in [0.25, 0.3) is 0 Å². The van der Waals surface area contributed by atoms with Crippen LogP contribution in [-0.4, -0.2) is 17.5 Å². The summed E-state index contributed by atoms with van der Waals surface area (Å²) in [5.41, 5.74) is 0.633. The van der Waals surface area contributed by atoms with Crippen LogP contribution < -0.4 is 0 Å². The van der Waals surface area contributed by atoms with Gasteiger partial charge in [0.05, 0.1) is 0 Å². The number of ketones is 1. The summed E-state index contributed by atoms with van der Waals surface area (Å²) in [5.74, 6) is 0.142. The van der Waals surface area contributed by atoms with Crippen LogP contribution in [0.15, 0.2) is 12.2 Å². The Bertz CT molecular complexity index is 138. The predicted molar refractivity (Wildman–Crippen MR) is 45.4 cm³/mol. The average Bonchev–Trinajstić information content (AvgIpc) is 1.97. The molecule has 0 aliphatic rings. The van der Waals surface area contributed by atoms with Crippen LogP contribution in [0.5, 0.6) is 0 Å². The molecule has 11 heavy (non-hydrogen) atoms. The summed E-state index contributed by atoms with van der Waals surface area (Å²) in [4.78, 5) is 10.9. The molecule has 1 N–H and O–H groups in total. The van der Waals surface area contributed by atoms with Gasteiger partial charge in [-0.25, -0.2) is 0 Å². The second-order valence-corrected chi connectivity index (χ2v) is 2.74. The number of carbonyl (C=O) groups is 1. The molecule has 0 spiro atoms. The van der Waals surface area contributed by atoms with E-state index in [2.05, 4.69) is 6.58 Å². The third-order valence-electron chi connectivity index (χ3n) is 1.54. The van der Waals surface area contributed by atoms with E-state index in [1.807, 2.05) is 0 Å². The van der Waals surface area contributed by atoms with E-state index in [-0.39, 0.29) is 12.4 Å². The fraction of sp³-hybridized carbons (Fsp3) is 0.667. The number of hydrogen-bond donors (Lipinski definition) is 1. The highest BCUT2D eigenvalue weighted by Gasteiger charge is 2.00. The minimum Gasteiger partial charge on any atom is -0.396 e. The highest BCUT2D eigenvalue weighted by molar-refractivity contribution is 5.93. The molecule has 2 heteroatoms. The first-order chi connectivity index (χ1) is 5.18. The van der Waals surface area contributed by atoms with E-state index < -0.39 is 0 Å². The molecule has 0 rings (SSSR count). The van der Waals surface area contributed by atoms with Crippen molar-refractivity contribution in [3.63, 3.8) is 0 Å². The van der Waals surface area contributed by atoms with Crippen molar-refractivity contribution in [1.82, 2.24) is 0 Å². The molecule has 0 saturated carbocycles. The maximum Gasteiger partial charge on any atom is 0.157 e. The van der Waals surface area contributed by atoms with Crippen LogP contribution in [0, 0.1) is 0 Å². The molecular formula is C9H16O2. The molecule has 0 atom stereocenters. The van der Waals surface area contributed by atoms with Gasteiger partial charge in [-0.1, -0.05) is 13.0 Å². The van der Waals surface area contributed by atoms with Gasteiger partial charge in [-0.3, -0.25) is 4.79 Å². The minimum atomic E-state index is 0.142. The quantitative estimate of drug-likeness (QED) is 0.469. The average molecular weight is 156 g/mol. The molecule has 0 fully saturated rings. The van der Waals surface area contributed by atoms with Crippen LogP contribution in [0.25, 0.3) is 0 Å². The zero-order valence-electron chi connectivity index (χ0n) is 7.10. The van der Waals surface area contributed by atoms with Crippen LogP contribution in [0.2, 0.25) is 0 Å². The van der Waals surface area contributed by atoms with Crippen molar-refractivity contribution in [1.29, 1.82) is 0 Å². The number of aliphatic hydroxyl groups is 1. The normalized spacial score (nSPS) is 9.64. The van der Waals surface area contributed by atoms with Gasteiger partial charge in [-0.15, -0.1) is 0 Å². The maximum absolute atomic E-state index is 10.9. The number of rotatable bonds is 6. The van der Waals surface area contributed by atoms with Gasteiger partial charge in [-0.05, 0) is 25.3 Å². The molecule has 0 bridgehead atoms. The second-order valence-electron chi connectivity index (χ2n) is 2.74. The molecule has 0 unspecified atom stereocenters. The molecule has 64 valence electrons. The van der Waals surface area contributed by atoms with Crippen molar-refractivity contribution in [3.8, 4) is 0 Å². The fourth-order valence-electron chi connectivity index (χ4n) is 0.788. The van der Waals surface area contributed by atoms with Crippen molar-refractivity contribution >= 4 is 5.78 Å². The number of unbranched alkanes of at least 4 members (excludes halogenated alkanes) is 2. The third kappa shape index (κ3) is 5.80. The Balaban J connectivity index is 3.25. The number of hydrogen-bond acceptors (Lipinski definition) is 2. The maximum atomic E-state index is 10.9. The van der Waals surface area contributed by atoms with E-state index in [1.165, 1.54) is 0 Å². The van der Waals surface area contributed by atoms with Crippen LogP contribution in [-0.2, 0) is 4.79 Å². The molecule has 0 saturated heterocycles. The highest BCUT2D eigenvalue weighted by atomic mass is 16.2. The third-order valence-corrected chi connectivity index (χ3v) is 1.54. The van der Waals surface area contributed by atoms with Crippen LogP contribution >= 0.6 is 0 Å². The number of aliphatic hydroxyl groups excluding tert-OH is 1. The van der Waals surface area contributed by atoms with Gasteiger partial charge in [0.1, 0.15) is 0 Å². The molecule has 2 nitrogen and oxygen atoms in total. The van der Waals surface area contributed by atoms with Crippen molar-refractivity contribution in [2.75, 3.05) is 6.61 Å². The Morgan fingerprint density at radius 3 is 2.45 bits per heavy atom. The SMILES string of the molecule is C=C(C)C(=O)CCCCCO. The second kappa shape index (κ2) is 6.10. The molecule has 0 amide bonds. The number of carbonyl (C=O) groups excluding carboxylic acids is 1. The predicted octanol–water partition coefficient (Wildman–Crippen LogP) is 1.68. The Hall–Kier alpha value is -0.630. The first kappa shape index (κ1) is 10.4. The molecule has 0 aromatic heterocycles. The summed E-state index contributed by atoms with van der Waals surface area (Å²) in [6, 6.07) is 0. The lowest BCUT2D eigenvalue weighted by Crippen LogP contribution is -1.97. The van der Waals surface area contributed by atoms with Crippen molar-refractivity contribution < 1.29 is 9.90 Å². The first-order valence-electron chi connectivity index (χ1n) is 3.98. The lowest BCUT2D eigenvalue weighted by Gasteiger charge is -1.97. The van der Waals surface area contributed by atoms with Crippen molar-refractivity contribution in [2.24, 2.45) is 0 Å². The van der Waals surface area contributed by atoms with E-state index in [4.69, 9.17) is 5.11 Å². The largest absolute Gasteiger partial charge is 0.396 e. The summed E-state index contributed by atoms with van der Waals surface area (Å²) >= 11 is 0. The van der Waals surface area contributed by atoms with Gasteiger partial charge < -0.3 is 5.11 Å². The van der Waals surface area contributed by atoms with E-state index >= 15 is 0 Å². The first-order valence-corrected chi connectivity index (χ1v) is 3.98. The number of allylic oxidation sites excluding steroid dienone is 1. The lowest BCUT2D eigenvalue weighted by atomic mass is 10.1. The fourth-order valence-corrected chi connectivity index (χ4v) is 0.788. The van der Waals surface area contributed by atoms with E-state index in [0.29, 0.717) is 12.0 Å². The van der Waals surface area contributed by atoms with Gasteiger partial charge in [-0.2, -0.15) is 0 Å².